The van der Waals surface area contributed by atoms with Crippen LogP contribution in [0.2, 0.25) is 0 Å². The number of anilines is 3. The maximum absolute atomic E-state index is 12.7. The average molecular weight is 426 g/mol. The number of nitrogens with one attached hydrogen (secondary N) is 3. The number of aryl methyl sites for hydroxylation is 2. The zero-order valence-corrected chi connectivity index (χ0v) is 18.8. The van der Waals surface area contributed by atoms with Crippen molar-refractivity contribution in [2.24, 2.45) is 0 Å². The molecular formula is C24H33N4O3+. The van der Waals surface area contributed by atoms with Crippen LogP contribution in [-0.2, 0) is 14.3 Å². The fourth-order valence-electron chi connectivity index (χ4n) is 3.52. The fraction of sp³-hybridized carbons (Fsp3) is 0.417. The Morgan fingerprint density at radius 2 is 1.74 bits per heavy atom. The molecule has 1 unspecified atom stereocenters. The highest BCUT2D eigenvalue weighted by atomic mass is 16.5. The summed E-state index contributed by atoms with van der Waals surface area (Å²) in [6.45, 7) is 9.22. The summed E-state index contributed by atoms with van der Waals surface area (Å²) in [6, 6.07) is 13.4. The van der Waals surface area contributed by atoms with E-state index in [0.717, 1.165) is 59.4 Å². The maximum atomic E-state index is 12.7. The summed E-state index contributed by atoms with van der Waals surface area (Å²) in [7, 11) is 1.86. The normalized spacial score (nSPS) is 15.8. The summed E-state index contributed by atoms with van der Waals surface area (Å²) >= 11 is 0. The molecule has 0 bridgehead atoms. The monoisotopic (exact) mass is 425 g/mol. The van der Waals surface area contributed by atoms with Crippen molar-refractivity contribution in [3.8, 4) is 0 Å². The number of carbonyl (C=O) groups excluding carboxylic acids is 2. The van der Waals surface area contributed by atoms with Crippen molar-refractivity contribution in [1.82, 2.24) is 0 Å². The Kier molecular flexibility index (Phi) is 7.65. The van der Waals surface area contributed by atoms with E-state index in [1.54, 1.807) is 0 Å². The van der Waals surface area contributed by atoms with Crippen LogP contribution in [0.5, 0.6) is 0 Å². The van der Waals surface area contributed by atoms with Crippen molar-refractivity contribution < 1.29 is 19.2 Å². The summed E-state index contributed by atoms with van der Waals surface area (Å²) in [6.07, 6.45) is 0. The van der Waals surface area contributed by atoms with Gasteiger partial charge in [0.2, 0.25) is 0 Å². The number of carbonyl (C=O) groups is 2. The zero-order valence-electron chi connectivity index (χ0n) is 18.8. The lowest BCUT2D eigenvalue weighted by atomic mass is 10.1. The van der Waals surface area contributed by atoms with Gasteiger partial charge in [-0.1, -0.05) is 12.1 Å². The van der Waals surface area contributed by atoms with E-state index in [2.05, 4.69) is 15.5 Å². The van der Waals surface area contributed by atoms with Crippen molar-refractivity contribution in [3.63, 3.8) is 0 Å². The number of hydrogen-bond donors (Lipinski definition) is 3. The fourth-order valence-corrected chi connectivity index (χ4v) is 3.52. The summed E-state index contributed by atoms with van der Waals surface area (Å²) in [5.41, 5.74) is 4.80. The predicted octanol–water partition coefficient (Wildman–Crippen LogP) is 1.62. The molecule has 1 heterocycles. The Morgan fingerprint density at radius 3 is 2.42 bits per heavy atom. The second kappa shape index (κ2) is 10.4. The molecule has 0 spiro atoms. The molecule has 1 fully saturated rings. The van der Waals surface area contributed by atoms with Gasteiger partial charge in [-0.15, -0.1) is 0 Å². The first-order valence-corrected chi connectivity index (χ1v) is 10.8. The molecule has 7 nitrogen and oxygen atoms in total. The molecule has 0 saturated carbocycles. The van der Waals surface area contributed by atoms with E-state index in [1.165, 1.54) is 0 Å². The standard InChI is InChI=1S/C24H32N4O3/c1-17-5-6-18(2)22(15-17)26-23(29)16-27(4)19(3)24(30)25-20-7-9-21(10-8-20)28-11-13-31-14-12-28/h5-10,15,19H,11-14,16H2,1-4H3,(H,25,30)(H,26,29)/p+1/t19-/m1/s1. The van der Waals surface area contributed by atoms with E-state index in [-0.39, 0.29) is 24.4 Å². The molecule has 3 rings (SSSR count). The quantitative estimate of drug-likeness (QED) is 0.630. The Bertz CT molecular complexity index is 908. The highest BCUT2D eigenvalue weighted by Crippen LogP contribution is 2.19. The molecule has 2 aromatic carbocycles. The van der Waals surface area contributed by atoms with Gasteiger partial charge in [-0.05, 0) is 62.2 Å². The predicted molar refractivity (Wildman–Crippen MR) is 124 cm³/mol. The molecule has 3 N–H and O–H groups in total. The number of hydrogen-bond acceptors (Lipinski definition) is 4. The van der Waals surface area contributed by atoms with Crippen LogP contribution in [0.1, 0.15) is 18.1 Å². The Labute approximate surface area is 184 Å². The second-order valence-corrected chi connectivity index (χ2v) is 8.25. The number of rotatable bonds is 7. The van der Waals surface area contributed by atoms with Crippen molar-refractivity contribution in [3.05, 3.63) is 53.6 Å². The van der Waals surface area contributed by atoms with E-state index in [1.807, 2.05) is 70.3 Å². The minimum Gasteiger partial charge on any atom is -0.378 e. The van der Waals surface area contributed by atoms with Crippen LogP contribution in [0, 0.1) is 13.8 Å². The van der Waals surface area contributed by atoms with E-state index < -0.39 is 0 Å². The van der Waals surface area contributed by atoms with Gasteiger partial charge in [0.25, 0.3) is 11.8 Å². The van der Waals surface area contributed by atoms with E-state index >= 15 is 0 Å². The molecule has 2 aromatic rings. The molecular weight excluding hydrogens is 392 g/mol. The van der Waals surface area contributed by atoms with Crippen LogP contribution >= 0.6 is 0 Å². The zero-order chi connectivity index (χ0) is 22.4. The van der Waals surface area contributed by atoms with Gasteiger partial charge in [-0.2, -0.15) is 0 Å². The van der Waals surface area contributed by atoms with Crippen LogP contribution in [-0.4, -0.2) is 57.8 Å². The van der Waals surface area contributed by atoms with E-state index in [4.69, 9.17) is 4.74 Å². The number of benzene rings is 2. The number of likely N-dealkylation sites (N-methyl/N-ethyl adjacent to an activating group) is 1. The van der Waals surface area contributed by atoms with Crippen LogP contribution in [0.25, 0.3) is 0 Å². The smallest absolute Gasteiger partial charge is 0.282 e. The molecule has 166 valence electrons. The third kappa shape index (κ3) is 6.29. The Morgan fingerprint density at radius 1 is 1.06 bits per heavy atom. The number of quaternary nitrogens is 1. The van der Waals surface area contributed by atoms with Gasteiger partial charge in [0, 0.05) is 30.2 Å². The Balaban J connectivity index is 1.51. The minimum atomic E-state index is -0.372. The van der Waals surface area contributed by atoms with Crippen LogP contribution in [0.4, 0.5) is 17.1 Å². The molecule has 2 amide bonds. The third-order valence-corrected chi connectivity index (χ3v) is 5.75. The van der Waals surface area contributed by atoms with Crippen molar-refractivity contribution in [2.75, 3.05) is 55.4 Å². The molecule has 0 radical (unpaired) electrons. The van der Waals surface area contributed by atoms with E-state index in [9.17, 15) is 9.59 Å². The lowest BCUT2D eigenvalue weighted by Gasteiger charge is -2.29. The lowest BCUT2D eigenvalue weighted by Crippen LogP contribution is -3.14. The second-order valence-electron chi connectivity index (χ2n) is 8.25. The van der Waals surface area contributed by atoms with Gasteiger partial charge in [0.15, 0.2) is 12.6 Å². The van der Waals surface area contributed by atoms with Gasteiger partial charge in [-0.3, -0.25) is 9.59 Å². The van der Waals surface area contributed by atoms with Gasteiger partial charge >= 0.3 is 0 Å². The minimum absolute atomic E-state index is 0.110. The summed E-state index contributed by atoms with van der Waals surface area (Å²) in [4.78, 5) is 28.3. The van der Waals surface area contributed by atoms with Crippen molar-refractivity contribution in [2.45, 2.75) is 26.8 Å². The molecule has 1 aliphatic heterocycles. The van der Waals surface area contributed by atoms with Crippen molar-refractivity contribution in [1.29, 1.82) is 0 Å². The van der Waals surface area contributed by atoms with Crippen LogP contribution in [0.3, 0.4) is 0 Å². The van der Waals surface area contributed by atoms with Crippen LogP contribution in [0.15, 0.2) is 42.5 Å². The van der Waals surface area contributed by atoms with Gasteiger partial charge in [-0.25, -0.2) is 0 Å². The molecule has 31 heavy (non-hydrogen) atoms. The van der Waals surface area contributed by atoms with Crippen LogP contribution < -0.4 is 20.4 Å². The maximum Gasteiger partial charge on any atom is 0.282 e. The first-order chi connectivity index (χ1) is 14.8. The SMILES string of the molecule is Cc1ccc(C)c(NC(=O)C[NH+](C)[C@H](C)C(=O)Nc2ccc(N3CCOCC3)cc2)c1. The van der Waals surface area contributed by atoms with Gasteiger partial charge < -0.3 is 25.2 Å². The van der Waals surface area contributed by atoms with E-state index in [0.29, 0.717) is 0 Å². The summed E-state index contributed by atoms with van der Waals surface area (Å²) in [5, 5.41) is 5.92. The third-order valence-electron chi connectivity index (χ3n) is 5.75. The number of nitrogens with zero attached hydrogens (tertiary/aromatic N) is 1. The number of ether oxygens (including phenoxy) is 1. The molecule has 0 aromatic heterocycles. The van der Waals surface area contributed by atoms with Gasteiger partial charge in [0.05, 0.1) is 20.3 Å². The lowest BCUT2D eigenvalue weighted by molar-refractivity contribution is -0.885. The average Bonchev–Trinajstić information content (AvgIpc) is 2.76. The molecule has 0 aliphatic carbocycles. The highest BCUT2D eigenvalue weighted by molar-refractivity contribution is 5.95. The topological polar surface area (TPSA) is 75.1 Å². The Hall–Kier alpha value is -2.90. The van der Waals surface area contributed by atoms with Gasteiger partial charge in [0.1, 0.15) is 0 Å². The summed E-state index contributed by atoms with van der Waals surface area (Å²) in [5.74, 6) is -0.225. The molecule has 1 aliphatic rings. The summed E-state index contributed by atoms with van der Waals surface area (Å²) < 4.78 is 5.39. The number of amides is 2. The first-order valence-electron chi connectivity index (χ1n) is 10.8. The first kappa shape index (κ1) is 22.8. The highest BCUT2D eigenvalue weighted by Gasteiger charge is 2.24. The largest absolute Gasteiger partial charge is 0.378 e. The molecule has 7 heteroatoms. The number of morpholine rings is 1. The van der Waals surface area contributed by atoms with Crippen molar-refractivity contribution >= 4 is 28.9 Å². The molecule has 2 atom stereocenters. The molecule has 1 saturated heterocycles.